The number of piperidine rings is 1. The van der Waals surface area contributed by atoms with Crippen molar-refractivity contribution < 1.29 is 9.53 Å². The van der Waals surface area contributed by atoms with Crippen LogP contribution in [0.3, 0.4) is 0 Å². The summed E-state index contributed by atoms with van der Waals surface area (Å²) in [4.78, 5) is 25.2. The minimum atomic E-state index is 0.151. The molecule has 1 aromatic heterocycles. The minimum Gasteiger partial charge on any atom is -0.381 e. The highest BCUT2D eigenvalue weighted by Crippen LogP contribution is 2.23. The van der Waals surface area contributed by atoms with Crippen molar-refractivity contribution >= 4 is 23.5 Å². The molecule has 0 radical (unpaired) electrons. The van der Waals surface area contributed by atoms with Gasteiger partial charge in [-0.15, -0.1) is 0 Å². The number of likely N-dealkylation sites (tertiary alicyclic amines) is 1. The molecule has 7 heteroatoms. The summed E-state index contributed by atoms with van der Waals surface area (Å²) in [6, 6.07) is 0.356. The molecule has 0 N–H and O–H groups in total. The van der Waals surface area contributed by atoms with Gasteiger partial charge in [0.25, 0.3) is 0 Å². The highest BCUT2D eigenvalue weighted by atomic mass is 35.5. The van der Waals surface area contributed by atoms with E-state index in [9.17, 15) is 4.79 Å². The molecule has 2 fully saturated rings. The number of anilines is 1. The van der Waals surface area contributed by atoms with Crippen molar-refractivity contribution in [3.8, 4) is 0 Å². The van der Waals surface area contributed by atoms with Gasteiger partial charge in [0, 0.05) is 45.3 Å². The van der Waals surface area contributed by atoms with Crippen molar-refractivity contribution in [2.24, 2.45) is 5.92 Å². The van der Waals surface area contributed by atoms with Crippen molar-refractivity contribution in [2.45, 2.75) is 31.7 Å². The maximum absolute atomic E-state index is 12.6. The first-order valence-corrected chi connectivity index (χ1v) is 8.60. The molecule has 2 aliphatic rings. The van der Waals surface area contributed by atoms with Gasteiger partial charge in [0.1, 0.15) is 0 Å². The monoisotopic (exact) mass is 338 g/mol. The van der Waals surface area contributed by atoms with E-state index in [-0.39, 0.29) is 5.92 Å². The van der Waals surface area contributed by atoms with Gasteiger partial charge in [-0.3, -0.25) is 4.79 Å². The molecule has 0 atom stereocenters. The summed E-state index contributed by atoms with van der Waals surface area (Å²) >= 11 is 5.83. The summed E-state index contributed by atoms with van der Waals surface area (Å²) < 4.78 is 5.34. The second-order valence-electron chi connectivity index (χ2n) is 6.26. The van der Waals surface area contributed by atoms with Gasteiger partial charge in [-0.1, -0.05) is 11.6 Å². The maximum Gasteiger partial charge on any atom is 0.225 e. The van der Waals surface area contributed by atoms with E-state index in [1.165, 1.54) is 0 Å². The van der Waals surface area contributed by atoms with Gasteiger partial charge in [-0.05, 0) is 25.7 Å². The number of aromatic nitrogens is 2. The van der Waals surface area contributed by atoms with Crippen molar-refractivity contribution in [1.82, 2.24) is 14.9 Å². The van der Waals surface area contributed by atoms with E-state index in [0.29, 0.717) is 36.1 Å². The number of carbonyl (C=O) groups is 1. The van der Waals surface area contributed by atoms with Crippen LogP contribution < -0.4 is 4.90 Å². The quantitative estimate of drug-likeness (QED) is 0.843. The highest BCUT2D eigenvalue weighted by molar-refractivity contribution is 6.30. The Morgan fingerprint density at radius 3 is 2.43 bits per heavy atom. The van der Waals surface area contributed by atoms with Crippen LogP contribution in [0.15, 0.2) is 12.4 Å². The largest absolute Gasteiger partial charge is 0.381 e. The Balaban J connectivity index is 1.53. The molecular formula is C16H23ClN4O2. The lowest BCUT2D eigenvalue weighted by Crippen LogP contribution is -2.48. The number of rotatable bonds is 3. The first-order valence-electron chi connectivity index (χ1n) is 8.22. The smallest absolute Gasteiger partial charge is 0.225 e. The van der Waals surface area contributed by atoms with Crippen LogP contribution in [-0.4, -0.2) is 60.2 Å². The van der Waals surface area contributed by atoms with Crippen LogP contribution in [0.25, 0.3) is 0 Å². The Hall–Kier alpha value is -1.40. The fourth-order valence-corrected chi connectivity index (χ4v) is 3.42. The third-order valence-corrected chi connectivity index (χ3v) is 5.01. The minimum absolute atomic E-state index is 0.151. The van der Waals surface area contributed by atoms with Crippen LogP contribution in [0, 0.1) is 5.92 Å². The Bertz CT molecular complexity index is 525. The molecule has 23 heavy (non-hydrogen) atoms. The van der Waals surface area contributed by atoms with Crippen molar-refractivity contribution in [2.75, 3.05) is 38.3 Å². The SMILES string of the molecule is CN(c1ncc(Cl)cn1)C1CCN(C(=O)C2CCOCC2)CC1. The average Bonchev–Trinajstić information content (AvgIpc) is 2.62. The first kappa shape index (κ1) is 16.5. The number of halogens is 1. The van der Waals surface area contributed by atoms with Gasteiger partial charge in [-0.2, -0.15) is 0 Å². The average molecular weight is 339 g/mol. The lowest BCUT2D eigenvalue weighted by atomic mass is 9.96. The first-order chi connectivity index (χ1) is 11.1. The van der Waals surface area contributed by atoms with Crippen LogP contribution in [-0.2, 0) is 9.53 Å². The molecule has 1 amide bonds. The lowest BCUT2D eigenvalue weighted by molar-refractivity contribution is -0.139. The van der Waals surface area contributed by atoms with Crippen LogP contribution in [0.2, 0.25) is 5.02 Å². The molecule has 0 aliphatic carbocycles. The number of ether oxygens (including phenoxy) is 1. The molecular weight excluding hydrogens is 316 g/mol. The normalized spacial score (nSPS) is 20.5. The van der Waals surface area contributed by atoms with Crippen LogP contribution in [0.1, 0.15) is 25.7 Å². The second kappa shape index (κ2) is 7.45. The predicted octanol–water partition coefficient (Wildman–Crippen LogP) is 1.98. The number of hydrogen-bond acceptors (Lipinski definition) is 5. The molecule has 1 aromatic rings. The van der Waals surface area contributed by atoms with Gasteiger partial charge >= 0.3 is 0 Å². The predicted molar refractivity (Wildman–Crippen MR) is 88.6 cm³/mol. The summed E-state index contributed by atoms with van der Waals surface area (Å²) in [5, 5.41) is 0.541. The Kier molecular flexibility index (Phi) is 5.33. The van der Waals surface area contributed by atoms with E-state index in [1.54, 1.807) is 12.4 Å². The number of nitrogens with zero attached hydrogens (tertiary/aromatic N) is 4. The van der Waals surface area contributed by atoms with E-state index in [1.807, 2.05) is 11.9 Å². The molecule has 3 rings (SSSR count). The van der Waals surface area contributed by atoms with Crippen molar-refractivity contribution in [3.05, 3.63) is 17.4 Å². The third-order valence-electron chi connectivity index (χ3n) is 4.82. The molecule has 0 saturated carbocycles. The summed E-state index contributed by atoms with van der Waals surface area (Å²) in [6.45, 7) is 3.03. The molecule has 6 nitrogen and oxygen atoms in total. The number of hydrogen-bond donors (Lipinski definition) is 0. The van der Waals surface area contributed by atoms with Gasteiger partial charge in [-0.25, -0.2) is 9.97 Å². The van der Waals surface area contributed by atoms with Crippen LogP contribution >= 0.6 is 11.6 Å². The Morgan fingerprint density at radius 1 is 1.22 bits per heavy atom. The molecule has 0 bridgehead atoms. The molecule has 3 heterocycles. The van der Waals surface area contributed by atoms with Gasteiger partial charge in [0.05, 0.1) is 17.4 Å². The number of amides is 1. The van der Waals surface area contributed by atoms with Gasteiger partial charge in [0.2, 0.25) is 11.9 Å². The van der Waals surface area contributed by atoms with Crippen molar-refractivity contribution in [3.63, 3.8) is 0 Å². The van der Waals surface area contributed by atoms with E-state index < -0.39 is 0 Å². The topological polar surface area (TPSA) is 58.6 Å². The second-order valence-corrected chi connectivity index (χ2v) is 6.69. The van der Waals surface area contributed by atoms with Crippen LogP contribution in [0.4, 0.5) is 5.95 Å². The molecule has 0 unspecified atom stereocenters. The third kappa shape index (κ3) is 3.93. The van der Waals surface area contributed by atoms with Gasteiger partial charge in [0.15, 0.2) is 0 Å². The summed E-state index contributed by atoms with van der Waals surface area (Å²) in [6.07, 6.45) is 6.83. The fraction of sp³-hybridized carbons (Fsp3) is 0.688. The Labute approximate surface area is 141 Å². The highest BCUT2D eigenvalue weighted by Gasteiger charge is 2.30. The molecule has 0 spiro atoms. The van der Waals surface area contributed by atoms with E-state index in [0.717, 1.165) is 38.8 Å². The Morgan fingerprint density at radius 2 is 1.83 bits per heavy atom. The van der Waals surface area contributed by atoms with E-state index in [4.69, 9.17) is 16.3 Å². The van der Waals surface area contributed by atoms with Crippen LogP contribution in [0.5, 0.6) is 0 Å². The maximum atomic E-state index is 12.6. The standard InChI is InChI=1S/C16H23ClN4O2/c1-20(16-18-10-13(17)11-19-16)14-2-6-21(7-3-14)15(22)12-4-8-23-9-5-12/h10-12,14H,2-9H2,1H3. The van der Waals surface area contributed by atoms with E-state index >= 15 is 0 Å². The fourth-order valence-electron chi connectivity index (χ4n) is 3.33. The zero-order valence-corrected chi connectivity index (χ0v) is 14.2. The lowest BCUT2D eigenvalue weighted by Gasteiger charge is -2.38. The summed E-state index contributed by atoms with van der Waals surface area (Å²) in [5.41, 5.74) is 0. The van der Waals surface area contributed by atoms with E-state index in [2.05, 4.69) is 14.9 Å². The zero-order chi connectivity index (χ0) is 16.2. The summed E-state index contributed by atoms with van der Waals surface area (Å²) in [5.74, 6) is 1.14. The zero-order valence-electron chi connectivity index (χ0n) is 13.4. The summed E-state index contributed by atoms with van der Waals surface area (Å²) in [7, 11) is 2.00. The molecule has 0 aromatic carbocycles. The molecule has 126 valence electrons. The van der Waals surface area contributed by atoms with Crippen molar-refractivity contribution in [1.29, 1.82) is 0 Å². The van der Waals surface area contributed by atoms with Gasteiger partial charge < -0.3 is 14.5 Å². The molecule has 2 aliphatic heterocycles. The number of carbonyl (C=O) groups excluding carboxylic acids is 1. The molecule has 2 saturated heterocycles.